The molecule has 25 heavy (non-hydrogen) atoms. The number of ether oxygens (including phenoxy) is 2. The topological polar surface area (TPSA) is 107 Å². The van der Waals surface area contributed by atoms with Crippen LogP contribution in [0.25, 0.3) is 0 Å². The quantitative estimate of drug-likeness (QED) is 0.805. The Morgan fingerprint density at radius 2 is 2.08 bits per heavy atom. The molecule has 0 bridgehead atoms. The number of piperidine rings is 1. The van der Waals surface area contributed by atoms with E-state index in [0.29, 0.717) is 18.8 Å². The van der Waals surface area contributed by atoms with Crippen LogP contribution in [0.4, 0.5) is 16.3 Å². The van der Waals surface area contributed by atoms with Crippen LogP contribution in [0.5, 0.6) is 0 Å². The van der Waals surface area contributed by atoms with Crippen LogP contribution in [0.2, 0.25) is 0 Å². The molecule has 8 nitrogen and oxygen atoms in total. The number of nitrogens with zero attached hydrogens (tertiary/aromatic N) is 2. The lowest BCUT2D eigenvalue weighted by molar-refractivity contribution is 0.0206. The van der Waals surface area contributed by atoms with Gasteiger partial charge in [0.25, 0.3) is 0 Å². The van der Waals surface area contributed by atoms with Crippen LogP contribution >= 0.6 is 0 Å². The SMILES string of the molecule is COC(=O)c1ccc(N[C@@H]2CCCN(C(=O)OC(C)(C)C)C2)c(N)n1. The molecule has 1 saturated heterocycles. The Balaban J connectivity index is 2.00. The predicted molar refractivity (Wildman–Crippen MR) is 94.4 cm³/mol. The maximum Gasteiger partial charge on any atom is 0.410 e. The van der Waals surface area contributed by atoms with Gasteiger partial charge >= 0.3 is 12.1 Å². The summed E-state index contributed by atoms with van der Waals surface area (Å²) in [5.74, 6) is -0.315. The summed E-state index contributed by atoms with van der Waals surface area (Å²) in [4.78, 5) is 29.4. The minimum absolute atomic E-state index is 0.0364. The highest BCUT2D eigenvalue weighted by Gasteiger charge is 2.28. The van der Waals surface area contributed by atoms with Gasteiger partial charge in [0.2, 0.25) is 0 Å². The van der Waals surface area contributed by atoms with Crippen molar-refractivity contribution in [2.45, 2.75) is 45.3 Å². The molecule has 0 saturated carbocycles. The number of nitrogens with two attached hydrogens (primary N) is 1. The van der Waals surface area contributed by atoms with Gasteiger partial charge in [0.1, 0.15) is 11.4 Å². The second-order valence-corrected chi connectivity index (χ2v) is 7.03. The summed E-state index contributed by atoms with van der Waals surface area (Å²) in [7, 11) is 1.29. The van der Waals surface area contributed by atoms with Crippen LogP contribution in [0.1, 0.15) is 44.1 Å². The molecule has 1 aromatic rings. The first-order valence-electron chi connectivity index (χ1n) is 8.29. The van der Waals surface area contributed by atoms with E-state index in [1.54, 1.807) is 17.0 Å². The lowest BCUT2D eigenvalue weighted by Crippen LogP contribution is -2.47. The minimum atomic E-state index is -0.535. The zero-order chi connectivity index (χ0) is 18.6. The van der Waals surface area contributed by atoms with Crippen molar-refractivity contribution in [2.24, 2.45) is 0 Å². The number of methoxy groups -OCH3 is 1. The molecule has 2 rings (SSSR count). The van der Waals surface area contributed by atoms with Crippen molar-refractivity contribution in [3.63, 3.8) is 0 Å². The highest BCUT2D eigenvalue weighted by molar-refractivity contribution is 5.88. The Labute approximate surface area is 147 Å². The Bertz CT molecular complexity index is 642. The third kappa shape index (κ3) is 5.23. The van der Waals surface area contributed by atoms with E-state index < -0.39 is 11.6 Å². The number of carbonyl (C=O) groups excluding carboxylic acids is 2. The van der Waals surface area contributed by atoms with Gasteiger partial charge in [0.05, 0.1) is 12.8 Å². The van der Waals surface area contributed by atoms with E-state index in [9.17, 15) is 9.59 Å². The highest BCUT2D eigenvalue weighted by Crippen LogP contribution is 2.22. The van der Waals surface area contributed by atoms with Crippen LogP contribution in [0.15, 0.2) is 12.1 Å². The molecule has 3 N–H and O–H groups in total. The summed E-state index contributed by atoms with van der Waals surface area (Å²) in [6, 6.07) is 3.29. The number of amides is 1. The van der Waals surface area contributed by atoms with Crippen molar-refractivity contribution in [2.75, 3.05) is 31.2 Å². The number of rotatable bonds is 3. The maximum absolute atomic E-state index is 12.2. The lowest BCUT2D eigenvalue weighted by Gasteiger charge is -2.34. The molecule has 1 aliphatic heterocycles. The summed E-state index contributed by atoms with van der Waals surface area (Å²) >= 11 is 0. The van der Waals surface area contributed by atoms with Gasteiger partial charge in [-0.15, -0.1) is 0 Å². The van der Waals surface area contributed by atoms with Crippen molar-refractivity contribution in [1.29, 1.82) is 0 Å². The molecular weight excluding hydrogens is 324 g/mol. The first-order chi connectivity index (χ1) is 11.7. The van der Waals surface area contributed by atoms with Crippen LogP contribution in [0.3, 0.4) is 0 Å². The normalized spacial score (nSPS) is 17.8. The molecule has 1 aliphatic rings. The molecule has 2 heterocycles. The zero-order valence-electron chi connectivity index (χ0n) is 15.2. The number of likely N-dealkylation sites (tertiary alicyclic amines) is 1. The van der Waals surface area contributed by atoms with Crippen LogP contribution in [-0.2, 0) is 9.47 Å². The Hall–Kier alpha value is -2.51. The van der Waals surface area contributed by atoms with Crippen molar-refractivity contribution in [3.05, 3.63) is 17.8 Å². The number of pyridine rings is 1. The highest BCUT2D eigenvalue weighted by atomic mass is 16.6. The second kappa shape index (κ2) is 7.58. The monoisotopic (exact) mass is 350 g/mol. The first-order valence-corrected chi connectivity index (χ1v) is 8.29. The second-order valence-electron chi connectivity index (χ2n) is 7.03. The van der Waals surface area contributed by atoms with E-state index >= 15 is 0 Å². The van der Waals surface area contributed by atoms with Crippen molar-refractivity contribution < 1.29 is 19.1 Å². The van der Waals surface area contributed by atoms with Gasteiger partial charge < -0.3 is 25.4 Å². The van der Waals surface area contributed by atoms with Gasteiger partial charge in [-0.1, -0.05) is 0 Å². The van der Waals surface area contributed by atoms with Crippen LogP contribution in [-0.4, -0.2) is 53.8 Å². The molecular formula is C17H26N4O4. The summed E-state index contributed by atoms with van der Waals surface area (Å²) < 4.78 is 10.1. The summed E-state index contributed by atoms with van der Waals surface area (Å²) in [6.45, 7) is 6.73. The summed E-state index contributed by atoms with van der Waals surface area (Å²) in [5.41, 5.74) is 6.19. The first kappa shape index (κ1) is 18.8. The molecule has 1 aromatic heterocycles. The number of aromatic nitrogens is 1. The number of hydrogen-bond acceptors (Lipinski definition) is 7. The van der Waals surface area contributed by atoms with E-state index in [4.69, 9.17) is 10.5 Å². The molecule has 1 atom stereocenters. The largest absolute Gasteiger partial charge is 0.464 e. The van der Waals surface area contributed by atoms with Gasteiger partial charge in [0, 0.05) is 19.1 Å². The van der Waals surface area contributed by atoms with E-state index in [2.05, 4.69) is 15.0 Å². The molecule has 0 radical (unpaired) electrons. The fraction of sp³-hybridized carbons (Fsp3) is 0.588. The van der Waals surface area contributed by atoms with E-state index in [0.717, 1.165) is 12.8 Å². The fourth-order valence-electron chi connectivity index (χ4n) is 2.62. The standard InChI is InChI=1S/C17H26N4O4/c1-17(2,3)25-16(23)21-9-5-6-11(10-21)19-12-7-8-13(15(22)24-4)20-14(12)18/h7-8,11,19H,5-6,9-10H2,1-4H3,(H2,18,20)/t11-/m1/s1. The van der Waals surface area contributed by atoms with Gasteiger partial charge in [-0.25, -0.2) is 14.6 Å². The van der Waals surface area contributed by atoms with Crippen molar-refractivity contribution >= 4 is 23.6 Å². The van der Waals surface area contributed by atoms with Gasteiger partial charge in [-0.3, -0.25) is 0 Å². The number of nitrogens with one attached hydrogen (secondary N) is 1. The number of nitrogen functional groups attached to an aromatic ring is 1. The zero-order valence-corrected chi connectivity index (χ0v) is 15.2. The smallest absolute Gasteiger partial charge is 0.410 e. The number of hydrogen-bond donors (Lipinski definition) is 2. The van der Waals surface area contributed by atoms with Crippen molar-refractivity contribution in [1.82, 2.24) is 9.88 Å². The molecule has 1 fully saturated rings. The molecule has 138 valence electrons. The summed E-state index contributed by atoms with van der Waals surface area (Å²) in [5, 5.41) is 3.29. The van der Waals surface area contributed by atoms with E-state index in [1.165, 1.54) is 7.11 Å². The van der Waals surface area contributed by atoms with E-state index in [1.807, 2.05) is 20.8 Å². The lowest BCUT2D eigenvalue weighted by atomic mass is 10.1. The Morgan fingerprint density at radius 3 is 2.68 bits per heavy atom. The molecule has 8 heteroatoms. The molecule has 0 aliphatic carbocycles. The predicted octanol–water partition coefficient (Wildman–Crippen LogP) is 2.26. The third-order valence-corrected chi connectivity index (χ3v) is 3.75. The number of esters is 1. The minimum Gasteiger partial charge on any atom is -0.464 e. The third-order valence-electron chi connectivity index (χ3n) is 3.75. The Morgan fingerprint density at radius 1 is 1.36 bits per heavy atom. The summed E-state index contributed by atoms with van der Waals surface area (Å²) in [6.07, 6.45) is 1.45. The van der Waals surface area contributed by atoms with Crippen LogP contribution < -0.4 is 11.1 Å². The van der Waals surface area contributed by atoms with Gasteiger partial charge in [-0.05, 0) is 45.7 Å². The molecule has 0 unspecified atom stereocenters. The fourth-order valence-corrected chi connectivity index (χ4v) is 2.62. The van der Waals surface area contributed by atoms with Gasteiger partial charge in [-0.2, -0.15) is 0 Å². The number of anilines is 2. The maximum atomic E-state index is 12.2. The average Bonchev–Trinajstić information content (AvgIpc) is 2.54. The van der Waals surface area contributed by atoms with Crippen molar-refractivity contribution in [3.8, 4) is 0 Å². The van der Waals surface area contributed by atoms with Crippen LogP contribution in [0, 0.1) is 0 Å². The van der Waals surface area contributed by atoms with E-state index in [-0.39, 0.29) is 23.6 Å². The molecule has 0 spiro atoms. The van der Waals surface area contributed by atoms with Gasteiger partial charge in [0.15, 0.2) is 5.69 Å². The molecule has 1 amide bonds. The number of carbonyl (C=O) groups is 2. The Kier molecular flexibility index (Phi) is 5.71. The molecule has 0 aromatic carbocycles. The average molecular weight is 350 g/mol.